The third kappa shape index (κ3) is 2.63. The molecule has 0 aliphatic carbocycles. The zero-order valence-electron chi connectivity index (χ0n) is 12.4. The molecule has 22 heavy (non-hydrogen) atoms. The molecular formula is C18H16N2O2. The number of hydrogen-bond acceptors (Lipinski definition) is 2. The summed E-state index contributed by atoms with van der Waals surface area (Å²) in [4.78, 5) is 15.5. The predicted molar refractivity (Wildman–Crippen MR) is 86.8 cm³/mol. The van der Waals surface area contributed by atoms with Gasteiger partial charge in [-0.05, 0) is 37.6 Å². The van der Waals surface area contributed by atoms with E-state index >= 15 is 0 Å². The predicted octanol–water partition coefficient (Wildman–Crippen LogP) is 3.72. The van der Waals surface area contributed by atoms with Crippen LogP contribution in [0.15, 0.2) is 48.7 Å². The van der Waals surface area contributed by atoms with Crippen molar-refractivity contribution < 1.29 is 9.90 Å². The maximum absolute atomic E-state index is 10.9. The third-order valence-corrected chi connectivity index (χ3v) is 3.53. The summed E-state index contributed by atoms with van der Waals surface area (Å²) >= 11 is 0. The fourth-order valence-corrected chi connectivity index (χ4v) is 2.40. The summed E-state index contributed by atoms with van der Waals surface area (Å²) in [5, 5.41) is 8.91. The van der Waals surface area contributed by atoms with Crippen molar-refractivity contribution in [2.45, 2.75) is 13.8 Å². The summed E-state index contributed by atoms with van der Waals surface area (Å²) in [6, 6.07) is 12.0. The SMILES string of the molecule is Cc1ccc(-c2nc3cc(C)ccn3c2C=CC(=O)O)cc1. The average molecular weight is 292 g/mol. The van der Waals surface area contributed by atoms with Crippen molar-refractivity contribution in [1.29, 1.82) is 0 Å². The first-order valence-corrected chi connectivity index (χ1v) is 7.01. The highest BCUT2D eigenvalue weighted by molar-refractivity contribution is 5.87. The third-order valence-electron chi connectivity index (χ3n) is 3.53. The molecule has 0 aliphatic heterocycles. The van der Waals surface area contributed by atoms with E-state index in [1.165, 1.54) is 5.56 Å². The Bertz CT molecular complexity index is 874. The van der Waals surface area contributed by atoms with Gasteiger partial charge in [-0.1, -0.05) is 29.8 Å². The highest BCUT2D eigenvalue weighted by Crippen LogP contribution is 2.26. The number of benzene rings is 1. The molecule has 0 spiro atoms. The molecule has 0 aliphatic rings. The lowest BCUT2D eigenvalue weighted by atomic mass is 10.1. The van der Waals surface area contributed by atoms with E-state index in [-0.39, 0.29) is 0 Å². The van der Waals surface area contributed by atoms with Gasteiger partial charge in [-0.15, -0.1) is 0 Å². The molecule has 2 heterocycles. The van der Waals surface area contributed by atoms with Crippen LogP contribution in [0.25, 0.3) is 23.0 Å². The Morgan fingerprint density at radius 1 is 1.14 bits per heavy atom. The van der Waals surface area contributed by atoms with Gasteiger partial charge >= 0.3 is 5.97 Å². The minimum atomic E-state index is -0.975. The van der Waals surface area contributed by atoms with Crippen LogP contribution in [0.5, 0.6) is 0 Å². The quantitative estimate of drug-likeness (QED) is 0.749. The van der Waals surface area contributed by atoms with Crippen LogP contribution in [0.3, 0.4) is 0 Å². The Labute approximate surface area is 128 Å². The van der Waals surface area contributed by atoms with Gasteiger partial charge in [0.1, 0.15) is 5.65 Å². The molecule has 0 fully saturated rings. The molecule has 4 heteroatoms. The van der Waals surface area contributed by atoms with Crippen molar-refractivity contribution >= 4 is 17.7 Å². The highest BCUT2D eigenvalue weighted by atomic mass is 16.4. The molecule has 1 N–H and O–H groups in total. The second-order valence-corrected chi connectivity index (χ2v) is 5.32. The number of pyridine rings is 1. The second kappa shape index (κ2) is 5.48. The van der Waals surface area contributed by atoms with Crippen molar-refractivity contribution in [2.75, 3.05) is 0 Å². The second-order valence-electron chi connectivity index (χ2n) is 5.32. The van der Waals surface area contributed by atoms with Crippen molar-refractivity contribution in [3.8, 4) is 11.3 Å². The minimum absolute atomic E-state index is 0.765. The van der Waals surface area contributed by atoms with Crippen LogP contribution in [0.1, 0.15) is 16.8 Å². The lowest BCUT2D eigenvalue weighted by Crippen LogP contribution is -1.91. The van der Waals surface area contributed by atoms with Crippen molar-refractivity contribution in [3.05, 3.63) is 65.5 Å². The van der Waals surface area contributed by atoms with Crippen LogP contribution in [-0.2, 0) is 4.79 Å². The first kappa shape index (κ1) is 14.1. The monoisotopic (exact) mass is 292 g/mol. The van der Waals surface area contributed by atoms with Crippen LogP contribution in [0, 0.1) is 13.8 Å². The number of carboxylic acids is 1. The van der Waals surface area contributed by atoms with Crippen LogP contribution in [0.4, 0.5) is 0 Å². The van der Waals surface area contributed by atoms with E-state index in [9.17, 15) is 4.79 Å². The normalized spacial score (nSPS) is 11.4. The number of carbonyl (C=O) groups is 1. The summed E-state index contributed by atoms with van der Waals surface area (Å²) < 4.78 is 1.90. The first-order valence-electron chi connectivity index (χ1n) is 7.01. The molecule has 0 atom stereocenters. The molecule has 0 amide bonds. The zero-order chi connectivity index (χ0) is 15.7. The molecule has 4 nitrogen and oxygen atoms in total. The van der Waals surface area contributed by atoms with Gasteiger partial charge in [0, 0.05) is 17.8 Å². The molecule has 0 bridgehead atoms. The average Bonchev–Trinajstić information content (AvgIpc) is 2.83. The molecule has 0 radical (unpaired) electrons. The van der Waals surface area contributed by atoms with Crippen LogP contribution in [-0.4, -0.2) is 20.5 Å². The molecule has 3 rings (SSSR count). The van der Waals surface area contributed by atoms with Crippen LogP contribution < -0.4 is 0 Å². The molecule has 0 unspecified atom stereocenters. The van der Waals surface area contributed by atoms with E-state index in [1.54, 1.807) is 6.08 Å². The molecule has 110 valence electrons. The number of imidazole rings is 1. The van der Waals surface area contributed by atoms with Gasteiger partial charge in [-0.3, -0.25) is 4.40 Å². The maximum atomic E-state index is 10.9. The summed E-state index contributed by atoms with van der Waals surface area (Å²) in [6.45, 7) is 4.04. The number of rotatable bonds is 3. The standard InChI is InChI=1S/C18H16N2O2/c1-12-3-5-14(6-4-12)18-15(7-8-17(21)22)20-10-9-13(2)11-16(20)19-18/h3-11H,1-2H3,(H,21,22). The Balaban J connectivity index is 2.25. The molecule has 0 saturated heterocycles. The Kier molecular flexibility index (Phi) is 3.51. The van der Waals surface area contributed by atoms with Crippen molar-refractivity contribution in [2.24, 2.45) is 0 Å². The van der Waals surface area contributed by atoms with E-state index in [2.05, 4.69) is 4.98 Å². The van der Waals surface area contributed by atoms with Gasteiger partial charge in [-0.25, -0.2) is 9.78 Å². The van der Waals surface area contributed by atoms with E-state index in [1.807, 2.05) is 60.8 Å². The summed E-state index contributed by atoms with van der Waals surface area (Å²) in [5.41, 5.74) is 5.61. The zero-order valence-corrected chi connectivity index (χ0v) is 12.4. The number of hydrogen-bond donors (Lipinski definition) is 1. The molecular weight excluding hydrogens is 276 g/mol. The Hall–Kier alpha value is -2.88. The van der Waals surface area contributed by atoms with E-state index < -0.39 is 5.97 Å². The van der Waals surface area contributed by atoms with Crippen molar-refractivity contribution in [1.82, 2.24) is 9.38 Å². The van der Waals surface area contributed by atoms with Gasteiger partial charge in [0.25, 0.3) is 0 Å². The van der Waals surface area contributed by atoms with Gasteiger partial charge in [0.05, 0.1) is 11.4 Å². The fourth-order valence-electron chi connectivity index (χ4n) is 2.40. The molecule has 0 saturated carbocycles. The maximum Gasteiger partial charge on any atom is 0.328 e. The Morgan fingerprint density at radius 3 is 2.55 bits per heavy atom. The smallest absolute Gasteiger partial charge is 0.328 e. The first-order chi connectivity index (χ1) is 10.5. The van der Waals surface area contributed by atoms with E-state index in [4.69, 9.17) is 5.11 Å². The summed E-state index contributed by atoms with van der Waals surface area (Å²) in [7, 11) is 0. The van der Waals surface area contributed by atoms with Gasteiger partial charge in [0.15, 0.2) is 0 Å². The van der Waals surface area contributed by atoms with E-state index in [0.717, 1.165) is 34.2 Å². The number of nitrogens with zero attached hydrogens (tertiary/aromatic N) is 2. The number of aromatic nitrogens is 2. The van der Waals surface area contributed by atoms with Gasteiger partial charge in [-0.2, -0.15) is 0 Å². The lowest BCUT2D eigenvalue weighted by molar-refractivity contribution is -0.131. The summed E-state index contributed by atoms with van der Waals surface area (Å²) in [6.07, 6.45) is 4.64. The van der Waals surface area contributed by atoms with Gasteiger partial charge in [0.2, 0.25) is 0 Å². The number of aryl methyl sites for hydroxylation is 2. The number of carboxylic acid groups (broad SMARTS) is 1. The van der Waals surface area contributed by atoms with Crippen LogP contribution >= 0.6 is 0 Å². The molecule has 3 aromatic rings. The summed E-state index contributed by atoms with van der Waals surface area (Å²) in [5.74, 6) is -0.975. The van der Waals surface area contributed by atoms with Gasteiger partial charge < -0.3 is 5.11 Å². The van der Waals surface area contributed by atoms with Crippen LogP contribution in [0.2, 0.25) is 0 Å². The molecule has 1 aromatic carbocycles. The number of fused-ring (bicyclic) bond motifs is 1. The lowest BCUT2D eigenvalue weighted by Gasteiger charge is -2.01. The fraction of sp³-hybridized carbons (Fsp3) is 0.111. The largest absolute Gasteiger partial charge is 0.478 e. The van der Waals surface area contributed by atoms with E-state index in [0.29, 0.717) is 0 Å². The Morgan fingerprint density at radius 2 is 1.86 bits per heavy atom. The topological polar surface area (TPSA) is 54.6 Å². The molecule has 2 aromatic heterocycles. The van der Waals surface area contributed by atoms with Crippen molar-refractivity contribution in [3.63, 3.8) is 0 Å². The highest BCUT2D eigenvalue weighted by Gasteiger charge is 2.12. The number of aliphatic carboxylic acids is 1. The minimum Gasteiger partial charge on any atom is -0.478 e.